The van der Waals surface area contributed by atoms with Crippen molar-refractivity contribution in [3.05, 3.63) is 36.5 Å². The van der Waals surface area contributed by atoms with Crippen LogP contribution in [0.4, 0.5) is 0 Å². The molecule has 94 valence electrons. The Morgan fingerprint density at radius 1 is 1.39 bits per heavy atom. The summed E-state index contributed by atoms with van der Waals surface area (Å²) in [7, 11) is 0. The van der Waals surface area contributed by atoms with E-state index in [4.69, 9.17) is 21.1 Å². The van der Waals surface area contributed by atoms with E-state index in [0.29, 0.717) is 11.3 Å². The molecule has 0 spiro atoms. The summed E-state index contributed by atoms with van der Waals surface area (Å²) in [5.41, 5.74) is -0.507. The van der Waals surface area contributed by atoms with Crippen molar-refractivity contribution in [2.45, 2.75) is 12.5 Å². The van der Waals surface area contributed by atoms with Crippen LogP contribution in [0.1, 0.15) is 6.92 Å². The van der Waals surface area contributed by atoms with Gasteiger partial charge in [-0.05, 0) is 19.1 Å². The van der Waals surface area contributed by atoms with E-state index < -0.39 is 11.5 Å². The van der Waals surface area contributed by atoms with Crippen molar-refractivity contribution in [1.82, 2.24) is 4.98 Å². The molecule has 1 heterocycles. The number of carbonyl (C=O) groups excluding carboxylic acids is 1. The van der Waals surface area contributed by atoms with Crippen LogP contribution in [0.3, 0.4) is 0 Å². The van der Waals surface area contributed by atoms with Crippen LogP contribution in [-0.4, -0.2) is 23.1 Å². The number of hydrogen-bond acceptors (Lipinski definition) is 4. The Morgan fingerprint density at radius 2 is 2.17 bits per heavy atom. The van der Waals surface area contributed by atoms with Crippen LogP contribution >= 0.6 is 11.6 Å². The van der Waals surface area contributed by atoms with Crippen LogP contribution in [0.15, 0.2) is 36.5 Å². The lowest BCUT2D eigenvalue weighted by Gasteiger charge is -2.12. The van der Waals surface area contributed by atoms with E-state index >= 15 is 0 Å². The third-order valence-corrected chi connectivity index (χ3v) is 2.57. The van der Waals surface area contributed by atoms with Gasteiger partial charge < -0.3 is 9.47 Å². The summed E-state index contributed by atoms with van der Waals surface area (Å²) in [5.74, 6) is -0.145. The number of halogens is 1. The molecular formula is C13H12ClNO3. The summed E-state index contributed by atoms with van der Waals surface area (Å²) in [6, 6.07) is 9.17. The normalized spacial score (nSPS) is 12.1. The van der Waals surface area contributed by atoms with Crippen LogP contribution in [0.2, 0.25) is 0 Å². The molecular weight excluding hydrogens is 254 g/mol. The van der Waals surface area contributed by atoms with E-state index in [1.165, 1.54) is 0 Å². The number of hydrogen-bond donors (Lipinski definition) is 0. The Labute approximate surface area is 109 Å². The molecule has 0 aliphatic carbocycles. The van der Waals surface area contributed by atoms with E-state index in [2.05, 4.69) is 4.98 Å². The molecule has 5 heteroatoms. The molecule has 1 atom stereocenters. The maximum Gasteiger partial charge on any atom is 0.363 e. The average Bonchev–Trinajstić information content (AvgIpc) is 2.39. The number of benzene rings is 1. The Hall–Kier alpha value is -1.81. The van der Waals surface area contributed by atoms with Gasteiger partial charge >= 0.3 is 5.97 Å². The molecule has 2 rings (SSSR count). The number of fused-ring (bicyclic) bond motifs is 1. The van der Waals surface area contributed by atoms with E-state index in [9.17, 15) is 4.79 Å². The quantitative estimate of drug-likeness (QED) is 0.630. The number of carbonyl (C=O) groups is 1. The minimum atomic E-state index is -1.17. The molecule has 0 saturated carbocycles. The van der Waals surface area contributed by atoms with Crippen molar-refractivity contribution >= 4 is 28.5 Å². The van der Waals surface area contributed by atoms with Crippen molar-refractivity contribution in [1.29, 1.82) is 0 Å². The first-order valence-corrected chi connectivity index (χ1v) is 5.97. The zero-order chi connectivity index (χ0) is 13.0. The standard InChI is InChI=1S/C13H12ClNO3/c1-2-17-13(16)12(14)18-10-7-3-5-9-6-4-8-15-11(9)10/h3-8,12H,2H2,1H3. The van der Waals surface area contributed by atoms with Gasteiger partial charge in [-0.15, -0.1) is 0 Å². The van der Waals surface area contributed by atoms with Crippen molar-refractivity contribution in [3.8, 4) is 5.75 Å². The van der Waals surface area contributed by atoms with Crippen molar-refractivity contribution in [3.63, 3.8) is 0 Å². The first kappa shape index (κ1) is 12.6. The molecule has 0 aliphatic heterocycles. The lowest BCUT2D eigenvalue weighted by atomic mass is 10.2. The molecule has 1 aromatic carbocycles. The van der Waals surface area contributed by atoms with Crippen LogP contribution in [0, 0.1) is 0 Å². The molecule has 0 saturated heterocycles. The minimum Gasteiger partial charge on any atom is -0.462 e. The molecule has 1 unspecified atom stereocenters. The highest BCUT2D eigenvalue weighted by atomic mass is 35.5. The van der Waals surface area contributed by atoms with Gasteiger partial charge in [0.25, 0.3) is 5.56 Å². The molecule has 0 amide bonds. The average molecular weight is 266 g/mol. The van der Waals surface area contributed by atoms with Crippen molar-refractivity contribution in [2.24, 2.45) is 0 Å². The van der Waals surface area contributed by atoms with Crippen LogP contribution < -0.4 is 4.74 Å². The number of esters is 1. The maximum absolute atomic E-state index is 11.4. The zero-order valence-corrected chi connectivity index (χ0v) is 10.6. The SMILES string of the molecule is CCOC(=O)C(Cl)Oc1cccc2cccnc12. The van der Waals surface area contributed by atoms with Gasteiger partial charge in [0, 0.05) is 11.6 Å². The molecule has 1 aromatic heterocycles. The number of para-hydroxylation sites is 1. The summed E-state index contributed by atoms with van der Waals surface area (Å²) in [4.78, 5) is 15.6. The Morgan fingerprint density at radius 3 is 2.94 bits per heavy atom. The molecule has 0 radical (unpaired) electrons. The number of aromatic nitrogens is 1. The topological polar surface area (TPSA) is 48.4 Å². The molecule has 18 heavy (non-hydrogen) atoms. The minimum absolute atomic E-state index is 0.263. The van der Waals surface area contributed by atoms with E-state index in [0.717, 1.165) is 5.39 Å². The summed E-state index contributed by atoms with van der Waals surface area (Å²) in [6.07, 6.45) is 1.66. The van der Waals surface area contributed by atoms with Crippen LogP contribution in [-0.2, 0) is 9.53 Å². The molecule has 2 aromatic rings. The van der Waals surface area contributed by atoms with Crippen LogP contribution in [0.25, 0.3) is 10.9 Å². The summed E-state index contributed by atoms with van der Waals surface area (Å²) in [5, 5.41) is 0.919. The third kappa shape index (κ3) is 2.71. The lowest BCUT2D eigenvalue weighted by Crippen LogP contribution is -2.23. The Kier molecular flexibility index (Phi) is 3.99. The fourth-order valence-electron chi connectivity index (χ4n) is 1.54. The number of nitrogens with zero attached hydrogens (tertiary/aromatic N) is 1. The highest BCUT2D eigenvalue weighted by molar-refractivity contribution is 6.29. The van der Waals surface area contributed by atoms with Gasteiger partial charge in [0.15, 0.2) is 0 Å². The molecule has 0 N–H and O–H groups in total. The number of alkyl halides is 1. The van der Waals surface area contributed by atoms with Gasteiger partial charge in [-0.3, -0.25) is 4.98 Å². The monoisotopic (exact) mass is 265 g/mol. The molecule has 0 bridgehead atoms. The smallest absolute Gasteiger partial charge is 0.363 e. The van der Waals surface area contributed by atoms with Gasteiger partial charge in [0.05, 0.1) is 6.61 Å². The largest absolute Gasteiger partial charge is 0.462 e. The van der Waals surface area contributed by atoms with E-state index in [1.54, 1.807) is 19.2 Å². The zero-order valence-electron chi connectivity index (χ0n) is 9.80. The fourth-order valence-corrected chi connectivity index (χ4v) is 1.70. The molecule has 0 fully saturated rings. The van der Waals surface area contributed by atoms with Crippen LogP contribution in [0.5, 0.6) is 5.75 Å². The maximum atomic E-state index is 11.4. The van der Waals surface area contributed by atoms with Gasteiger partial charge in [0.2, 0.25) is 0 Å². The van der Waals surface area contributed by atoms with Gasteiger partial charge in [0.1, 0.15) is 11.3 Å². The first-order valence-electron chi connectivity index (χ1n) is 5.53. The summed E-state index contributed by atoms with van der Waals surface area (Å²) >= 11 is 5.82. The summed E-state index contributed by atoms with van der Waals surface area (Å²) in [6.45, 7) is 1.97. The van der Waals surface area contributed by atoms with Crippen molar-refractivity contribution in [2.75, 3.05) is 6.61 Å². The second-order valence-electron chi connectivity index (χ2n) is 3.52. The molecule has 4 nitrogen and oxygen atoms in total. The third-order valence-electron chi connectivity index (χ3n) is 2.30. The van der Waals surface area contributed by atoms with Gasteiger partial charge in [-0.1, -0.05) is 29.8 Å². The highest BCUT2D eigenvalue weighted by Crippen LogP contribution is 2.24. The van der Waals surface area contributed by atoms with Gasteiger partial charge in [-0.2, -0.15) is 0 Å². The second kappa shape index (κ2) is 5.69. The molecule has 0 aliphatic rings. The predicted molar refractivity (Wildman–Crippen MR) is 68.6 cm³/mol. The van der Waals surface area contributed by atoms with Crippen molar-refractivity contribution < 1.29 is 14.3 Å². The van der Waals surface area contributed by atoms with Gasteiger partial charge in [-0.25, -0.2) is 4.79 Å². The highest BCUT2D eigenvalue weighted by Gasteiger charge is 2.19. The summed E-state index contributed by atoms with van der Waals surface area (Å²) < 4.78 is 10.1. The number of rotatable bonds is 4. The number of ether oxygens (including phenoxy) is 2. The predicted octanol–water partition coefficient (Wildman–Crippen LogP) is 2.74. The fraction of sp³-hybridized carbons (Fsp3) is 0.231. The lowest BCUT2D eigenvalue weighted by molar-refractivity contribution is -0.147. The first-order chi connectivity index (χ1) is 8.72. The second-order valence-corrected chi connectivity index (χ2v) is 3.91. The Bertz CT molecular complexity index is 553. The van der Waals surface area contributed by atoms with E-state index in [1.807, 2.05) is 24.3 Å². The Balaban J connectivity index is 2.24. The van der Waals surface area contributed by atoms with E-state index in [-0.39, 0.29) is 6.61 Å². The number of pyridine rings is 1.